The van der Waals surface area contributed by atoms with Crippen LogP contribution in [0.25, 0.3) is 0 Å². The number of methoxy groups -OCH3 is 1. The maximum Gasteiger partial charge on any atom is 0.193 e. The van der Waals surface area contributed by atoms with Crippen molar-refractivity contribution in [3.8, 4) is 11.5 Å². The van der Waals surface area contributed by atoms with Crippen molar-refractivity contribution in [3.63, 3.8) is 0 Å². The Balaban J connectivity index is 0.00000272. The van der Waals surface area contributed by atoms with Crippen LogP contribution in [0.2, 0.25) is 0 Å². The molecule has 2 heterocycles. The largest absolute Gasteiger partial charge is 0.493 e. The molecule has 1 atom stereocenters. The molecular weight excluding hydrogens is 507 g/mol. The maximum absolute atomic E-state index is 6.24. The lowest BCUT2D eigenvalue weighted by molar-refractivity contribution is 0.0195. The lowest BCUT2D eigenvalue weighted by Crippen LogP contribution is -2.46. The molecule has 3 aliphatic rings. The van der Waals surface area contributed by atoms with Crippen LogP contribution in [0.1, 0.15) is 37.7 Å². The van der Waals surface area contributed by atoms with Gasteiger partial charge in [0, 0.05) is 45.8 Å². The SMILES string of the molecule is CN=C(NCc1ccc(OC)c(OC2CCCC2)c1)N1CCC(N2CCOCC2)C1.I. The van der Waals surface area contributed by atoms with Crippen LogP contribution in [0.15, 0.2) is 23.2 Å². The topological polar surface area (TPSA) is 58.6 Å². The molecule has 1 saturated carbocycles. The number of ether oxygens (including phenoxy) is 3. The first-order chi connectivity index (χ1) is 14.8. The van der Waals surface area contributed by atoms with Gasteiger partial charge in [-0.2, -0.15) is 0 Å². The van der Waals surface area contributed by atoms with Crippen molar-refractivity contribution in [1.82, 2.24) is 15.1 Å². The summed E-state index contributed by atoms with van der Waals surface area (Å²) in [5, 5.41) is 3.55. The minimum absolute atomic E-state index is 0. The van der Waals surface area contributed by atoms with Crippen LogP contribution in [0.4, 0.5) is 0 Å². The van der Waals surface area contributed by atoms with E-state index >= 15 is 0 Å². The van der Waals surface area contributed by atoms with E-state index in [1.165, 1.54) is 24.8 Å². The highest BCUT2D eigenvalue weighted by Gasteiger charge is 2.30. The van der Waals surface area contributed by atoms with Gasteiger partial charge in [-0.3, -0.25) is 9.89 Å². The Morgan fingerprint density at radius 1 is 1.13 bits per heavy atom. The number of nitrogens with zero attached hydrogens (tertiary/aromatic N) is 3. The Morgan fingerprint density at radius 2 is 1.90 bits per heavy atom. The quantitative estimate of drug-likeness (QED) is 0.338. The fourth-order valence-corrected chi connectivity index (χ4v) is 4.80. The number of hydrogen-bond donors (Lipinski definition) is 1. The van der Waals surface area contributed by atoms with Crippen LogP contribution >= 0.6 is 24.0 Å². The molecule has 3 fully saturated rings. The summed E-state index contributed by atoms with van der Waals surface area (Å²) in [6.45, 7) is 6.58. The molecule has 0 aromatic heterocycles. The minimum atomic E-state index is 0. The van der Waals surface area contributed by atoms with E-state index in [1.807, 2.05) is 13.1 Å². The van der Waals surface area contributed by atoms with Gasteiger partial charge in [-0.05, 0) is 49.8 Å². The average molecular weight is 544 g/mol. The zero-order valence-electron chi connectivity index (χ0n) is 18.8. The monoisotopic (exact) mass is 544 g/mol. The minimum Gasteiger partial charge on any atom is -0.493 e. The Morgan fingerprint density at radius 3 is 2.61 bits per heavy atom. The van der Waals surface area contributed by atoms with E-state index in [1.54, 1.807) is 7.11 Å². The summed E-state index contributed by atoms with van der Waals surface area (Å²) >= 11 is 0. The van der Waals surface area contributed by atoms with Crippen LogP contribution in [0.3, 0.4) is 0 Å². The molecule has 1 unspecified atom stereocenters. The van der Waals surface area contributed by atoms with Gasteiger partial charge >= 0.3 is 0 Å². The molecule has 8 heteroatoms. The first-order valence-corrected chi connectivity index (χ1v) is 11.4. The van der Waals surface area contributed by atoms with Crippen molar-refractivity contribution >= 4 is 29.9 Å². The van der Waals surface area contributed by atoms with Crippen molar-refractivity contribution in [1.29, 1.82) is 0 Å². The third kappa shape index (κ3) is 6.38. The number of rotatable bonds is 6. The summed E-state index contributed by atoms with van der Waals surface area (Å²) in [6, 6.07) is 6.81. The van der Waals surface area contributed by atoms with Gasteiger partial charge in [-0.25, -0.2) is 0 Å². The molecule has 0 bridgehead atoms. The van der Waals surface area contributed by atoms with E-state index in [2.05, 4.69) is 32.2 Å². The lowest BCUT2D eigenvalue weighted by Gasteiger charge is -2.32. The van der Waals surface area contributed by atoms with Crippen LogP contribution in [-0.4, -0.2) is 81.5 Å². The smallest absolute Gasteiger partial charge is 0.193 e. The van der Waals surface area contributed by atoms with Crippen LogP contribution in [0, 0.1) is 0 Å². The van der Waals surface area contributed by atoms with Gasteiger partial charge in [-0.1, -0.05) is 6.07 Å². The Hall–Kier alpha value is -1.26. The van der Waals surface area contributed by atoms with Gasteiger partial charge in [0.2, 0.25) is 0 Å². The Labute approximate surface area is 203 Å². The van der Waals surface area contributed by atoms with Crippen molar-refractivity contribution in [2.24, 2.45) is 4.99 Å². The lowest BCUT2D eigenvalue weighted by atomic mass is 10.2. The molecule has 2 aliphatic heterocycles. The van der Waals surface area contributed by atoms with Gasteiger partial charge in [0.1, 0.15) is 0 Å². The molecule has 1 aromatic carbocycles. The second-order valence-corrected chi connectivity index (χ2v) is 8.45. The fourth-order valence-electron chi connectivity index (χ4n) is 4.80. The summed E-state index contributed by atoms with van der Waals surface area (Å²) in [5.74, 6) is 2.63. The fraction of sp³-hybridized carbons (Fsp3) is 0.696. The number of guanidine groups is 1. The van der Waals surface area contributed by atoms with E-state index in [4.69, 9.17) is 14.2 Å². The third-order valence-corrected chi connectivity index (χ3v) is 6.51. The highest BCUT2D eigenvalue weighted by Crippen LogP contribution is 2.32. The van der Waals surface area contributed by atoms with Gasteiger partial charge in [0.05, 0.1) is 26.4 Å². The third-order valence-electron chi connectivity index (χ3n) is 6.51. The number of aliphatic imine (C=N–C) groups is 1. The highest BCUT2D eigenvalue weighted by atomic mass is 127. The van der Waals surface area contributed by atoms with Crippen LogP contribution in [-0.2, 0) is 11.3 Å². The number of benzene rings is 1. The molecule has 0 radical (unpaired) electrons. The van der Waals surface area contributed by atoms with Crippen molar-refractivity contribution in [2.75, 3.05) is 53.6 Å². The zero-order valence-corrected chi connectivity index (χ0v) is 21.2. The van der Waals surface area contributed by atoms with Gasteiger partial charge in [0.15, 0.2) is 17.5 Å². The van der Waals surface area contributed by atoms with E-state index in [9.17, 15) is 0 Å². The number of halogens is 1. The number of morpholine rings is 1. The van der Waals surface area contributed by atoms with E-state index in [0.29, 0.717) is 12.1 Å². The first kappa shape index (κ1) is 24.4. The molecule has 174 valence electrons. The molecule has 7 nitrogen and oxygen atoms in total. The molecule has 31 heavy (non-hydrogen) atoms. The summed E-state index contributed by atoms with van der Waals surface area (Å²) in [7, 11) is 3.57. The Bertz CT molecular complexity index is 721. The number of nitrogens with one attached hydrogen (secondary N) is 1. The first-order valence-electron chi connectivity index (χ1n) is 11.4. The van der Waals surface area contributed by atoms with Gasteiger partial charge < -0.3 is 24.4 Å². The normalized spacial score (nSPS) is 23.0. The van der Waals surface area contributed by atoms with Crippen LogP contribution in [0.5, 0.6) is 11.5 Å². The van der Waals surface area contributed by atoms with E-state index in [-0.39, 0.29) is 24.0 Å². The van der Waals surface area contributed by atoms with E-state index in [0.717, 1.165) is 76.2 Å². The maximum atomic E-state index is 6.24. The number of likely N-dealkylation sites (tertiary alicyclic amines) is 1. The summed E-state index contributed by atoms with van der Waals surface area (Å²) in [4.78, 5) is 9.47. The summed E-state index contributed by atoms with van der Waals surface area (Å²) in [5.41, 5.74) is 1.17. The van der Waals surface area contributed by atoms with E-state index < -0.39 is 0 Å². The second kappa shape index (κ2) is 12.1. The second-order valence-electron chi connectivity index (χ2n) is 8.45. The Kier molecular flexibility index (Phi) is 9.52. The zero-order chi connectivity index (χ0) is 20.8. The molecular formula is C23H37IN4O3. The van der Waals surface area contributed by atoms with Gasteiger partial charge in [-0.15, -0.1) is 24.0 Å². The standard InChI is InChI=1S/C23H36N4O3.HI/c1-24-23(27-10-9-19(17-27)26-11-13-29-14-12-26)25-16-18-7-8-21(28-2)22(15-18)30-20-5-3-4-6-20;/h7-8,15,19-20H,3-6,9-14,16-17H2,1-2H3,(H,24,25);1H. The van der Waals surface area contributed by atoms with Gasteiger partial charge in [0.25, 0.3) is 0 Å². The molecule has 1 aromatic rings. The average Bonchev–Trinajstić information content (AvgIpc) is 3.48. The van der Waals surface area contributed by atoms with Crippen LogP contribution < -0.4 is 14.8 Å². The molecule has 1 N–H and O–H groups in total. The highest BCUT2D eigenvalue weighted by molar-refractivity contribution is 14.0. The molecule has 4 rings (SSSR count). The molecule has 1 aliphatic carbocycles. The van der Waals surface area contributed by atoms with Crippen molar-refractivity contribution in [3.05, 3.63) is 23.8 Å². The van der Waals surface area contributed by atoms with Crippen molar-refractivity contribution in [2.45, 2.75) is 50.8 Å². The molecule has 0 spiro atoms. The predicted molar refractivity (Wildman–Crippen MR) is 134 cm³/mol. The predicted octanol–water partition coefficient (Wildman–Crippen LogP) is 3.12. The molecule has 0 amide bonds. The summed E-state index contributed by atoms with van der Waals surface area (Å²) < 4.78 is 17.3. The molecule has 2 saturated heterocycles. The summed E-state index contributed by atoms with van der Waals surface area (Å²) in [6.07, 6.45) is 6.28. The number of hydrogen-bond acceptors (Lipinski definition) is 5. The van der Waals surface area contributed by atoms with Crippen molar-refractivity contribution < 1.29 is 14.2 Å².